The van der Waals surface area contributed by atoms with Crippen molar-refractivity contribution in [2.24, 2.45) is 0 Å². The van der Waals surface area contributed by atoms with Gasteiger partial charge in [0.15, 0.2) is 0 Å². The number of hydrogen-bond donors (Lipinski definition) is 1. The van der Waals surface area contributed by atoms with Crippen LogP contribution in [0.15, 0.2) is 42.5 Å². The molecule has 5 heteroatoms. The van der Waals surface area contributed by atoms with E-state index in [0.717, 1.165) is 27.9 Å². The van der Waals surface area contributed by atoms with Gasteiger partial charge >= 0.3 is 5.97 Å². The highest BCUT2D eigenvalue weighted by Crippen LogP contribution is 2.33. The number of aromatic nitrogens is 2. The Morgan fingerprint density at radius 3 is 2.71 bits per heavy atom. The van der Waals surface area contributed by atoms with Gasteiger partial charge in [-0.1, -0.05) is 12.1 Å². The average molecular weight is 282 g/mol. The maximum Gasteiger partial charge on any atom is 0.337 e. The smallest absolute Gasteiger partial charge is 0.337 e. The number of fused-ring (bicyclic) bond motifs is 1. The monoisotopic (exact) mass is 282 g/mol. The molecule has 0 radical (unpaired) electrons. The second-order valence-electron chi connectivity index (χ2n) is 4.52. The van der Waals surface area contributed by atoms with Crippen molar-refractivity contribution in [3.63, 3.8) is 0 Å². The van der Waals surface area contributed by atoms with Crippen LogP contribution in [0.3, 0.4) is 0 Å². The van der Waals surface area contributed by atoms with Crippen LogP contribution in [0.4, 0.5) is 0 Å². The molecule has 106 valence electrons. The number of aromatic amines is 1. The van der Waals surface area contributed by atoms with Crippen LogP contribution >= 0.6 is 0 Å². The number of rotatable bonds is 3. The molecule has 0 aliphatic carbocycles. The summed E-state index contributed by atoms with van der Waals surface area (Å²) < 4.78 is 10.1. The Labute approximate surface area is 121 Å². The Morgan fingerprint density at radius 2 is 1.95 bits per heavy atom. The minimum Gasteiger partial charge on any atom is -0.496 e. The van der Waals surface area contributed by atoms with Crippen molar-refractivity contribution in [2.45, 2.75) is 0 Å². The summed E-state index contributed by atoms with van der Waals surface area (Å²) in [5, 5.41) is 8.16. The lowest BCUT2D eigenvalue weighted by molar-refractivity contribution is 0.0601. The molecule has 1 aromatic heterocycles. The molecule has 3 rings (SSSR count). The molecule has 0 unspecified atom stereocenters. The van der Waals surface area contributed by atoms with Gasteiger partial charge in [0.2, 0.25) is 0 Å². The van der Waals surface area contributed by atoms with Crippen molar-refractivity contribution in [3.8, 4) is 17.0 Å². The number of benzene rings is 2. The Hall–Kier alpha value is -2.82. The van der Waals surface area contributed by atoms with Gasteiger partial charge in [-0.15, -0.1) is 0 Å². The topological polar surface area (TPSA) is 64.2 Å². The zero-order valence-electron chi connectivity index (χ0n) is 11.7. The van der Waals surface area contributed by atoms with Crippen LogP contribution in [-0.4, -0.2) is 30.4 Å². The lowest BCUT2D eigenvalue weighted by Crippen LogP contribution is -2.00. The van der Waals surface area contributed by atoms with Crippen molar-refractivity contribution < 1.29 is 14.3 Å². The predicted molar refractivity (Wildman–Crippen MR) is 79.4 cm³/mol. The standard InChI is InChI=1S/C16H14N2O3/c1-20-14-6-4-3-5-11(14)15-12-9-10(16(19)21-2)7-8-13(12)17-18-15/h3-9H,1-2H3,(H,17,18). The fourth-order valence-corrected chi connectivity index (χ4v) is 2.30. The first-order valence-corrected chi connectivity index (χ1v) is 6.44. The van der Waals surface area contributed by atoms with E-state index in [2.05, 4.69) is 10.2 Å². The second kappa shape index (κ2) is 5.28. The van der Waals surface area contributed by atoms with Crippen LogP contribution in [0.1, 0.15) is 10.4 Å². The van der Waals surface area contributed by atoms with Gasteiger partial charge in [-0.05, 0) is 30.3 Å². The third-order valence-electron chi connectivity index (χ3n) is 3.35. The number of nitrogens with one attached hydrogen (secondary N) is 1. The molecule has 1 heterocycles. The molecule has 0 atom stereocenters. The average Bonchev–Trinajstić information content (AvgIpc) is 2.96. The summed E-state index contributed by atoms with van der Waals surface area (Å²) in [6, 6.07) is 12.9. The van der Waals surface area contributed by atoms with Crippen LogP contribution in [-0.2, 0) is 4.74 Å². The van der Waals surface area contributed by atoms with Crippen LogP contribution in [0.5, 0.6) is 5.75 Å². The first-order valence-electron chi connectivity index (χ1n) is 6.44. The third-order valence-corrected chi connectivity index (χ3v) is 3.35. The molecule has 0 saturated carbocycles. The second-order valence-corrected chi connectivity index (χ2v) is 4.52. The molecule has 0 spiro atoms. The fourth-order valence-electron chi connectivity index (χ4n) is 2.30. The maximum atomic E-state index is 11.7. The minimum absolute atomic E-state index is 0.371. The highest BCUT2D eigenvalue weighted by atomic mass is 16.5. The first-order chi connectivity index (χ1) is 10.2. The van der Waals surface area contributed by atoms with E-state index in [9.17, 15) is 4.79 Å². The SMILES string of the molecule is COC(=O)c1ccc2[nH]nc(-c3ccccc3OC)c2c1. The summed E-state index contributed by atoms with van der Waals surface area (Å²) >= 11 is 0. The molecule has 0 bridgehead atoms. The van der Waals surface area contributed by atoms with E-state index in [1.807, 2.05) is 30.3 Å². The van der Waals surface area contributed by atoms with Crippen LogP contribution < -0.4 is 4.74 Å². The van der Waals surface area contributed by atoms with Crippen LogP contribution in [0.2, 0.25) is 0 Å². The molecular weight excluding hydrogens is 268 g/mol. The number of ether oxygens (including phenoxy) is 2. The molecule has 0 fully saturated rings. The number of H-pyrrole nitrogens is 1. The Kier molecular flexibility index (Phi) is 3.31. The largest absolute Gasteiger partial charge is 0.496 e. The van der Waals surface area contributed by atoms with Crippen molar-refractivity contribution in [1.29, 1.82) is 0 Å². The van der Waals surface area contributed by atoms with Gasteiger partial charge in [-0.2, -0.15) is 5.10 Å². The Balaban J connectivity index is 2.21. The van der Waals surface area contributed by atoms with Crippen molar-refractivity contribution in [1.82, 2.24) is 10.2 Å². The summed E-state index contributed by atoms with van der Waals surface area (Å²) in [6.07, 6.45) is 0. The van der Waals surface area contributed by atoms with Gasteiger partial charge in [0.05, 0.1) is 25.3 Å². The molecular formula is C16H14N2O3. The van der Waals surface area contributed by atoms with Crippen LogP contribution in [0.25, 0.3) is 22.2 Å². The predicted octanol–water partition coefficient (Wildman–Crippen LogP) is 3.03. The summed E-state index contributed by atoms with van der Waals surface area (Å²) in [4.78, 5) is 11.7. The normalized spacial score (nSPS) is 10.6. The molecule has 0 amide bonds. The molecule has 0 aliphatic rings. The highest BCUT2D eigenvalue weighted by Gasteiger charge is 2.14. The maximum absolute atomic E-state index is 11.7. The number of methoxy groups -OCH3 is 2. The van der Waals surface area contributed by atoms with E-state index in [1.54, 1.807) is 19.2 Å². The van der Waals surface area contributed by atoms with Gasteiger partial charge in [0.1, 0.15) is 11.4 Å². The van der Waals surface area contributed by atoms with Crippen molar-refractivity contribution in [2.75, 3.05) is 14.2 Å². The molecule has 3 aromatic rings. The summed E-state index contributed by atoms with van der Waals surface area (Å²) in [5.41, 5.74) is 2.95. The summed E-state index contributed by atoms with van der Waals surface area (Å²) in [6.45, 7) is 0. The minimum atomic E-state index is -0.371. The Morgan fingerprint density at radius 1 is 1.14 bits per heavy atom. The molecule has 5 nitrogen and oxygen atoms in total. The molecule has 0 aliphatic heterocycles. The van der Waals surface area contributed by atoms with Gasteiger partial charge < -0.3 is 9.47 Å². The number of carbonyl (C=O) groups is 1. The molecule has 0 saturated heterocycles. The zero-order chi connectivity index (χ0) is 14.8. The number of para-hydroxylation sites is 1. The molecule has 1 N–H and O–H groups in total. The van der Waals surface area contributed by atoms with E-state index >= 15 is 0 Å². The number of hydrogen-bond acceptors (Lipinski definition) is 4. The number of nitrogens with zero attached hydrogens (tertiary/aromatic N) is 1. The molecule has 2 aromatic carbocycles. The van der Waals surface area contributed by atoms with Gasteiger partial charge in [0.25, 0.3) is 0 Å². The summed E-state index contributed by atoms with van der Waals surface area (Å²) in [7, 11) is 2.98. The molecule has 21 heavy (non-hydrogen) atoms. The van der Waals surface area contributed by atoms with E-state index < -0.39 is 0 Å². The van der Waals surface area contributed by atoms with E-state index in [4.69, 9.17) is 9.47 Å². The van der Waals surface area contributed by atoms with E-state index in [-0.39, 0.29) is 5.97 Å². The van der Waals surface area contributed by atoms with E-state index in [1.165, 1.54) is 7.11 Å². The Bertz CT molecular complexity index is 808. The van der Waals surface area contributed by atoms with Gasteiger partial charge in [-0.3, -0.25) is 5.10 Å². The lowest BCUT2D eigenvalue weighted by atomic mass is 10.0. The third kappa shape index (κ3) is 2.23. The fraction of sp³-hybridized carbons (Fsp3) is 0.125. The lowest BCUT2D eigenvalue weighted by Gasteiger charge is -2.06. The van der Waals surface area contributed by atoms with Crippen molar-refractivity contribution in [3.05, 3.63) is 48.0 Å². The van der Waals surface area contributed by atoms with Gasteiger partial charge in [0, 0.05) is 10.9 Å². The highest BCUT2D eigenvalue weighted by molar-refractivity contribution is 6.00. The quantitative estimate of drug-likeness (QED) is 0.750. The van der Waals surface area contributed by atoms with Gasteiger partial charge in [-0.25, -0.2) is 4.79 Å². The van der Waals surface area contributed by atoms with Crippen molar-refractivity contribution >= 4 is 16.9 Å². The van der Waals surface area contributed by atoms with Crippen LogP contribution in [0, 0.1) is 0 Å². The first kappa shape index (κ1) is 13.2. The van der Waals surface area contributed by atoms with E-state index in [0.29, 0.717) is 5.56 Å². The zero-order valence-corrected chi connectivity index (χ0v) is 11.7. The summed E-state index contributed by atoms with van der Waals surface area (Å²) in [5.74, 6) is 0.360. The number of esters is 1. The number of carbonyl (C=O) groups excluding carboxylic acids is 1.